The van der Waals surface area contributed by atoms with Gasteiger partial charge in [0, 0.05) is 55.8 Å². The zero-order valence-electron chi connectivity index (χ0n) is 17.8. The van der Waals surface area contributed by atoms with E-state index in [1.54, 1.807) is 18.4 Å². The summed E-state index contributed by atoms with van der Waals surface area (Å²) < 4.78 is 11.0. The number of carbonyl (C=O) groups excluding carboxylic acids is 1. The number of methoxy groups -OCH3 is 1. The minimum absolute atomic E-state index is 0.0821. The molecular weight excluding hydrogens is 400 g/mol. The number of aromatic nitrogens is 1. The van der Waals surface area contributed by atoms with Crippen molar-refractivity contribution in [1.29, 1.82) is 0 Å². The molecular formula is C22H30N4O3S. The van der Waals surface area contributed by atoms with Crippen LogP contribution in [0.5, 0.6) is 5.75 Å². The molecule has 2 saturated heterocycles. The second-order valence-corrected chi connectivity index (χ2v) is 8.50. The Morgan fingerprint density at radius 2 is 1.93 bits per heavy atom. The van der Waals surface area contributed by atoms with Crippen LogP contribution >= 0.6 is 11.3 Å². The highest BCUT2D eigenvalue weighted by atomic mass is 32.1. The van der Waals surface area contributed by atoms with E-state index < -0.39 is 0 Å². The number of benzene rings is 1. The second kappa shape index (κ2) is 9.76. The Labute approximate surface area is 182 Å². The molecule has 1 aromatic carbocycles. The first-order chi connectivity index (χ1) is 14.7. The molecule has 1 amide bonds. The molecule has 4 rings (SSSR count). The number of ether oxygens (including phenoxy) is 2. The summed E-state index contributed by atoms with van der Waals surface area (Å²) >= 11 is 1.62. The largest absolute Gasteiger partial charge is 0.496 e. The van der Waals surface area contributed by atoms with Crippen molar-refractivity contribution in [3.05, 3.63) is 29.1 Å². The number of anilines is 1. The van der Waals surface area contributed by atoms with Crippen LogP contribution in [-0.4, -0.2) is 86.8 Å². The van der Waals surface area contributed by atoms with Gasteiger partial charge in [0.1, 0.15) is 5.75 Å². The van der Waals surface area contributed by atoms with Crippen molar-refractivity contribution in [2.24, 2.45) is 0 Å². The molecule has 30 heavy (non-hydrogen) atoms. The summed E-state index contributed by atoms with van der Waals surface area (Å²) in [5.74, 6) is 0.817. The highest BCUT2D eigenvalue weighted by molar-refractivity contribution is 7.14. The zero-order valence-corrected chi connectivity index (χ0v) is 18.6. The van der Waals surface area contributed by atoms with Gasteiger partial charge in [0.2, 0.25) is 0 Å². The van der Waals surface area contributed by atoms with Crippen LogP contribution in [0.3, 0.4) is 0 Å². The molecule has 2 fully saturated rings. The van der Waals surface area contributed by atoms with Crippen LogP contribution in [0.25, 0.3) is 11.3 Å². The maximum Gasteiger partial charge on any atom is 0.253 e. The summed E-state index contributed by atoms with van der Waals surface area (Å²) in [6, 6.07) is 5.67. The van der Waals surface area contributed by atoms with Gasteiger partial charge < -0.3 is 19.3 Å². The van der Waals surface area contributed by atoms with E-state index in [0.29, 0.717) is 5.56 Å². The van der Waals surface area contributed by atoms with Crippen molar-refractivity contribution < 1.29 is 14.3 Å². The Balaban J connectivity index is 1.52. The van der Waals surface area contributed by atoms with Crippen LogP contribution in [-0.2, 0) is 4.74 Å². The lowest BCUT2D eigenvalue weighted by Gasteiger charge is -2.34. The molecule has 3 heterocycles. The quantitative estimate of drug-likeness (QED) is 0.703. The summed E-state index contributed by atoms with van der Waals surface area (Å²) in [5.41, 5.74) is 2.40. The monoisotopic (exact) mass is 430 g/mol. The third-order valence-corrected chi connectivity index (χ3v) is 6.60. The van der Waals surface area contributed by atoms with Crippen molar-refractivity contribution in [3.63, 3.8) is 0 Å². The molecule has 2 aromatic rings. The minimum Gasteiger partial charge on any atom is -0.496 e. The number of nitrogens with zero attached hydrogens (tertiary/aromatic N) is 4. The molecule has 0 bridgehead atoms. The summed E-state index contributed by atoms with van der Waals surface area (Å²) in [6.07, 6.45) is 1.15. The number of thiazole rings is 1. The molecule has 162 valence electrons. The van der Waals surface area contributed by atoms with Crippen LogP contribution in [0.2, 0.25) is 0 Å². The lowest BCUT2D eigenvalue weighted by molar-refractivity contribution is 0.0637. The number of rotatable bonds is 6. The van der Waals surface area contributed by atoms with E-state index in [1.165, 1.54) is 0 Å². The Bertz CT molecular complexity index is 858. The fraction of sp³-hybridized carbons (Fsp3) is 0.545. The number of morpholine rings is 1. The molecule has 1 aromatic heterocycles. The highest BCUT2D eigenvalue weighted by Gasteiger charge is 2.23. The summed E-state index contributed by atoms with van der Waals surface area (Å²) in [7, 11) is 1.66. The third-order valence-electron chi connectivity index (χ3n) is 5.70. The molecule has 0 N–H and O–H groups in total. The van der Waals surface area contributed by atoms with E-state index in [9.17, 15) is 4.79 Å². The summed E-state index contributed by atoms with van der Waals surface area (Å²) in [4.78, 5) is 24.6. The molecule has 0 saturated carbocycles. The van der Waals surface area contributed by atoms with E-state index in [4.69, 9.17) is 14.5 Å². The van der Waals surface area contributed by atoms with Crippen LogP contribution in [0.1, 0.15) is 23.7 Å². The van der Waals surface area contributed by atoms with Gasteiger partial charge in [0.05, 0.1) is 26.0 Å². The standard InChI is InChI=1S/C22H30N4O3S/c1-3-6-24-7-9-25(10-8-24)21(27)17-4-5-20(28-2)18(15-17)19-16-30-22(23-19)26-11-13-29-14-12-26/h4-5,15-16H,3,6-14H2,1-2H3. The molecule has 0 aliphatic carbocycles. The number of hydrogen-bond donors (Lipinski definition) is 0. The molecule has 2 aliphatic heterocycles. The first-order valence-corrected chi connectivity index (χ1v) is 11.6. The third kappa shape index (κ3) is 4.61. The fourth-order valence-electron chi connectivity index (χ4n) is 4.00. The average Bonchev–Trinajstić information content (AvgIpc) is 3.30. The predicted octanol–water partition coefficient (Wildman–Crippen LogP) is 2.82. The number of amides is 1. The maximum absolute atomic E-state index is 13.1. The Morgan fingerprint density at radius 3 is 2.63 bits per heavy atom. The van der Waals surface area contributed by atoms with Crippen molar-refractivity contribution in [2.75, 3.05) is 71.0 Å². The van der Waals surface area contributed by atoms with Crippen LogP contribution in [0, 0.1) is 0 Å². The first kappa shape index (κ1) is 21.1. The van der Waals surface area contributed by atoms with E-state index in [2.05, 4.69) is 16.7 Å². The molecule has 8 heteroatoms. The smallest absolute Gasteiger partial charge is 0.253 e. The predicted molar refractivity (Wildman–Crippen MR) is 120 cm³/mol. The molecule has 0 atom stereocenters. The van der Waals surface area contributed by atoms with Crippen LogP contribution in [0.15, 0.2) is 23.6 Å². The van der Waals surface area contributed by atoms with Gasteiger partial charge in [-0.05, 0) is 31.2 Å². The average molecular weight is 431 g/mol. The topological polar surface area (TPSA) is 58.1 Å². The second-order valence-electron chi connectivity index (χ2n) is 7.66. The van der Waals surface area contributed by atoms with Gasteiger partial charge in [0.15, 0.2) is 5.13 Å². The minimum atomic E-state index is 0.0821. The summed E-state index contributed by atoms with van der Waals surface area (Å²) in [6.45, 7) is 9.90. The molecule has 2 aliphatic rings. The van der Waals surface area contributed by atoms with Crippen molar-refractivity contribution >= 4 is 22.4 Å². The van der Waals surface area contributed by atoms with Crippen molar-refractivity contribution in [2.45, 2.75) is 13.3 Å². The van der Waals surface area contributed by atoms with Crippen LogP contribution < -0.4 is 9.64 Å². The Hall–Kier alpha value is -2.16. The van der Waals surface area contributed by atoms with Gasteiger partial charge >= 0.3 is 0 Å². The number of carbonyl (C=O) groups is 1. The fourth-order valence-corrected chi connectivity index (χ4v) is 4.88. The van der Waals surface area contributed by atoms with Crippen molar-refractivity contribution in [3.8, 4) is 17.0 Å². The van der Waals surface area contributed by atoms with Gasteiger partial charge in [-0.2, -0.15) is 0 Å². The van der Waals surface area contributed by atoms with Gasteiger partial charge in [-0.25, -0.2) is 4.98 Å². The molecule has 0 unspecified atom stereocenters. The van der Waals surface area contributed by atoms with Gasteiger partial charge in [-0.1, -0.05) is 6.92 Å². The normalized spacial score (nSPS) is 17.9. The van der Waals surface area contributed by atoms with E-state index in [1.807, 2.05) is 28.5 Å². The zero-order chi connectivity index (χ0) is 20.9. The number of hydrogen-bond acceptors (Lipinski definition) is 7. The van der Waals surface area contributed by atoms with Crippen molar-refractivity contribution in [1.82, 2.24) is 14.8 Å². The summed E-state index contributed by atoms with van der Waals surface area (Å²) in [5, 5.41) is 3.03. The van der Waals surface area contributed by atoms with Gasteiger partial charge in [-0.15, -0.1) is 11.3 Å². The van der Waals surface area contributed by atoms with E-state index in [0.717, 1.165) is 87.6 Å². The highest BCUT2D eigenvalue weighted by Crippen LogP contribution is 2.34. The Morgan fingerprint density at radius 1 is 1.17 bits per heavy atom. The molecule has 0 radical (unpaired) electrons. The van der Waals surface area contributed by atoms with E-state index in [-0.39, 0.29) is 5.91 Å². The van der Waals surface area contributed by atoms with Gasteiger partial charge in [0.25, 0.3) is 5.91 Å². The lowest BCUT2D eigenvalue weighted by atomic mass is 10.1. The Kier molecular flexibility index (Phi) is 6.86. The molecule has 0 spiro atoms. The lowest BCUT2D eigenvalue weighted by Crippen LogP contribution is -2.48. The molecule has 7 nitrogen and oxygen atoms in total. The first-order valence-electron chi connectivity index (χ1n) is 10.7. The SMILES string of the molecule is CCCN1CCN(C(=O)c2ccc(OC)c(-c3csc(N4CCOCC4)n3)c2)CC1. The number of piperazine rings is 1. The van der Waals surface area contributed by atoms with Crippen LogP contribution in [0.4, 0.5) is 5.13 Å². The van der Waals surface area contributed by atoms with Gasteiger partial charge in [-0.3, -0.25) is 9.69 Å². The maximum atomic E-state index is 13.1. The van der Waals surface area contributed by atoms with E-state index >= 15 is 0 Å².